The Kier molecular flexibility index (Phi) is 5.03. The van der Waals surface area contributed by atoms with Crippen molar-refractivity contribution in [3.63, 3.8) is 0 Å². The molecule has 0 amide bonds. The van der Waals surface area contributed by atoms with E-state index in [0.717, 1.165) is 23.1 Å². The minimum atomic E-state index is -0.560. The minimum absolute atomic E-state index is 0.314. The smallest absolute Gasteiger partial charge is 0.467 e. The van der Waals surface area contributed by atoms with Crippen LogP contribution in [0, 0.1) is 6.92 Å². The molecule has 4 nitrogen and oxygen atoms in total. The van der Waals surface area contributed by atoms with E-state index >= 15 is 0 Å². The summed E-state index contributed by atoms with van der Waals surface area (Å²) in [5, 5.41) is 0. The monoisotopic (exact) mass is 420 g/mol. The second kappa shape index (κ2) is 6.15. The maximum atomic E-state index is 11.4. The second-order valence-corrected chi connectivity index (χ2v) is 7.81. The summed E-state index contributed by atoms with van der Waals surface area (Å²) in [7, 11) is -0.560. The Morgan fingerprint density at radius 3 is 2.29 bits per heavy atom. The maximum absolute atomic E-state index is 11.4. The number of aldehydes is 1. The first-order valence-corrected chi connectivity index (χ1v) is 10.7. The highest BCUT2D eigenvalue weighted by Crippen LogP contribution is 2.37. The van der Waals surface area contributed by atoms with Gasteiger partial charge in [0.2, 0.25) is 0 Å². The van der Waals surface area contributed by atoms with Crippen LogP contribution in [0.5, 0.6) is 5.75 Å². The number of carbonyl (C=O) groups excluding carboxylic acids is 1. The number of carbonyl (C=O) groups is 1. The lowest BCUT2D eigenvalue weighted by Crippen LogP contribution is -2.41. The minimum Gasteiger partial charge on any atom is -0.467 e. The van der Waals surface area contributed by atoms with Crippen molar-refractivity contribution in [3.8, 4) is 5.75 Å². The molecule has 1 aliphatic rings. The molecule has 21 heavy (non-hydrogen) atoms. The summed E-state index contributed by atoms with van der Waals surface area (Å²) in [5.74, 6) is 0.732. The van der Waals surface area contributed by atoms with Crippen molar-refractivity contribution >= 4 is 47.4 Å². The van der Waals surface area contributed by atoms with E-state index < -0.39 is 18.3 Å². The summed E-state index contributed by atoms with van der Waals surface area (Å²) >= 11 is 2.17. The fourth-order valence-corrected chi connectivity index (χ4v) is 3.19. The standard InChI is InChI=1S/C14H19BIO4P/c1-9-6-10(18-21-16)7-12(11(9)8-17)15-19-13(2,3)14(4,5)20-15/h6-8,21H,1-5H3. The van der Waals surface area contributed by atoms with E-state index in [2.05, 4.69) is 22.0 Å². The van der Waals surface area contributed by atoms with Crippen LogP contribution >= 0.6 is 28.5 Å². The van der Waals surface area contributed by atoms with E-state index in [1.807, 2.05) is 46.8 Å². The maximum Gasteiger partial charge on any atom is 0.495 e. The third kappa shape index (κ3) is 3.28. The number of aryl methyl sites for hydroxylation is 1. The fourth-order valence-electron chi connectivity index (χ4n) is 2.22. The summed E-state index contributed by atoms with van der Waals surface area (Å²) in [6.07, 6.45) is 0.853. The Morgan fingerprint density at radius 1 is 1.24 bits per heavy atom. The molecule has 114 valence electrons. The molecular formula is C14H19BIO4P. The molecule has 0 aromatic heterocycles. The lowest BCUT2D eigenvalue weighted by Gasteiger charge is -2.32. The molecular weight excluding hydrogens is 401 g/mol. The average molecular weight is 420 g/mol. The average Bonchev–Trinajstić information content (AvgIpc) is 2.58. The van der Waals surface area contributed by atoms with Gasteiger partial charge in [-0.25, -0.2) is 0 Å². The molecule has 0 saturated carbocycles. The molecule has 0 bridgehead atoms. The molecule has 1 fully saturated rings. The number of halogens is 1. The van der Waals surface area contributed by atoms with Crippen LogP contribution in [0.3, 0.4) is 0 Å². The van der Waals surface area contributed by atoms with E-state index in [4.69, 9.17) is 13.8 Å². The Hall–Kier alpha value is -0.165. The second-order valence-electron chi connectivity index (χ2n) is 6.13. The summed E-state index contributed by atoms with van der Waals surface area (Å²) in [4.78, 5) is 11.4. The molecule has 2 rings (SSSR count). The molecule has 1 aliphatic heterocycles. The van der Waals surface area contributed by atoms with E-state index in [1.54, 1.807) is 0 Å². The van der Waals surface area contributed by atoms with Crippen LogP contribution in [0.1, 0.15) is 43.6 Å². The van der Waals surface area contributed by atoms with Gasteiger partial charge < -0.3 is 13.8 Å². The molecule has 7 heteroatoms. The van der Waals surface area contributed by atoms with Crippen molar-refractivity contribution in [2.24, 2.45) is 0 Å². The van der Waals surface area contributed by atoms with Crippen LogP contribution < -0.4 is 9.99 Å². The Labute approximate surface area is 140 Å². The molecule has 0 N–H and O–H groups in total. The lowest BCUT2D eigenvalue weighted by molar-refractivity contribution is 0.00578. The number of hydrogen-bond donors (Lipinski definition) is 0. The topological polar surface area (TPSA) is 44.8 Å². The van der Waals surface area contributed by atoms with E-state index in [9.17, 15) is 4.79 Å². The van der Waals surface area contributed by atoms with E-state index in [0.29, 0.717) is 12.0 Å². The highest BCUT2D eigenvalue weighted by molar-refractivity contribution is 14.2. The largest absolute Gasteiger partial charge is 0.495 e. The van der Waals surface area contributed by atoms with Crippen LogP contribution in [0.2, 0.25) is 0 Å². The van der Waals surface area contributed by atoms with Crippen molar-refractivity contribution in [1.82, 2.24) is 0 Å². The SMILES string of the molecule is Cc1cc(OPI)cc(B2OC(C)(C)C(C)(C)O2)c1C=O. The van der Waals surface area contributed by atoms with Crippen molar-refractivity contribution in [1.29, 1.82) is 0 Å². The Morgan fingerprint density at radius 2 is 1.81 bits per heavy atom. The van der Waals surface area contributed by atoms with Gasteiger partial charge >= 0.3 is 7.12 Å². The van der Waals surface area contributed by atoms with Crippen LogP contribution in [0.15, 0.2) is 12.1 Å². The molecule has 1 unspecified atom stereocenters. The van der Waals surface area contributed by atoms with Gasteiger partial charge in [0.05, 0.1) is 11.2 Å². The van der Waals surface area contributed by atoms with Gasteiger partial charge in [-0.2, -0.15) is 0 Å². The summed E-state index contributed by atoms with van der Waals surface area (Å²) in [5.41, 5.74) is 1.33. The predicted octanol–water partition coefficient (Wildman–Crippen LogP) is 3.43. The molecule has 1 aromatic rings. The van der Waals surface area contributed by atoms with Gasteiger partial charge in [0.1, 0.15) is 18.5 Å². The highest BCUT2D eigenvalue weighted by atomic mass is 127. The van der Waals surface area contributed by atoms with Gasteiger partial charge in [-0.3, -0.25) is 4.79 Å². The first kappa shape index (κ1) is 17.2. The third-order valence-electron chi connectivity index (χ3n) is 4.17. The van der Waals surface area contributed by atoms with Gasteiger partial charge in [-0.15, -0.1) is 0 Å². The van der Waals surface area contributed by atoms with Gasteiger partial charge in [0.15, 0.2) is 0 Å². The first-order valence-electron chi connectivity index (χ1n) is 6.69. The van der Waals surface area contributed by atoms with E-state index in [1.165, 1.54) is 0 Å². The van der Waals surface area contributed by atoms with Crippen LogP contribution in [0.4, 0.5) is 0 Å². The van der Waals surface area contributed by atoms with Gasteiger partial charge in [-0.05, 0) is 79.8 Å². The zero-order valence-electron chi connectivity index (χ0n) is 12.8. The number of hydrogen-bond acceptors (Lipinski definition) is 4. The molecule has 1 aromatic carbocycles. The zero-order chi connectivity index (χ0) is 15.8. The molecule has 1 heterocycles. The summed E-state index contributed by atoms with van der Waals surface area (Å²) < 4.78 is 17.7. The predicted molar refractivity (Wildman–Crippen MR) is 95.2 cm³/mol. The fraction of sp³-hybridized carbons (Fsp3) is 0.500. The Balaban J connectivity index is 2.46. The summed E-state index contributed by atoms with van der Waals surface area (Å²) in [6.45, 7) is 10.2. The van der Waals surface area contributed by atoms with Crippen molar-refractivity contribution < 1.29 is 18.6 Å². The van der Waals surface area contributed by atoms with E-state index in [-0.39, 0.29) is 0 Å². The molecule has 1 atom stereocenters. The zero-order valence-corrected chi connectivity index (χ0v) is 16.0. The van der Waals surface area contributed by atoms with Crippen LogP contribution in [-0.2, 0) is 9.31 Å². The van der Waals surface area contributed by atoms with Crippen molar-refractivity contribution in [2.45, 2.75) is 45.8 Å². The van der Waals surface area contributed by atoms with Gasteiger partial charge in [0.25, 0.3) is 0 Å². The summed E-state index contributed by atoms with van der Waals surface area (Å²) in [6, 6.07) is 3.70. The van der Waals surface area contributed by atoms with Crippen molar-refractivity contribution in [3.05, 3.63) is 23.3 Å². The van der Waals surface area contributed by atoms with Crippen LogP contribution in [-0.4, -0.2) is 24.6 Å². The molecule has 0 spiro atoms. The normalized spacial score (nSPS) is 20.2. The number of benzene rings is 1. The molecule has 0 aliphatic carbocycles. The molecule has 1 saturated heterocycles. The van der Waals surface area contributed by atoms with Gasteiger partial charge in [0, 0.05) is 5.56 Å². The quantitative estimate of drug-likeness (QED) is 0.324. The first-order chi connectivity index (χ1) is 9.71. The third-order valence-corrected chi connectivity index (χ3v) is 5.15. The highest BCUT2D eigenvalue weighted by Gasteiger charge is 2.52. The lowest BCUT2D eigenvalue weighted by atomic mass is 9.75. The van der Waals surface area contributed by atoms with Crippen LogP contribution in [0.25, 0.3) is 0 Å². The van der Waals surface area contributed by atoms with Gasteiger partial charge in [-0.1, -0.05) is 0 Å². The Bertz CT molecular complexity index is 546. The molecule has 0 radical (unpaired) electrons. The van der Waals surface area contributed by atoms with Crippen molar-refractivity contribution in [2.75, 3.05) is 0 Å². The number of rotatable bonds is 4.